The largest absolute Gasteiger partial charge is 0.352 e. The standard InChI is InChI=1S/C16H24N2O2/c1-6-18(10-15(19)17-11(2)3)16(20)14-8-7-12(4)9-13(14)5/h7-9,11H,6,10H2,1-5H3,(H,17,19). The molecule has 110 valence electrons. The van der Waals surface area contributed by atoms with Crippen molar-refractivity contribution in [1.29, 1.82) is 0 Å². The second-order valence-electron chi connectivity index (χ2n) is 5.36. The third kappa shape index (κ3) is 4.37. The zero-order valence-corrected chi connectivity index (χ0v) is 13.0. The van der Waals surface area contributed by atoms with Gasteiger partial charge >= 0.3 is 0 Å². The highest BCUT2D eigenvalue weighted by Gasteiger charge is 2.19. The Hall–Kier alpha value is -1.84. The molecule has 0 bridgehead atoms. The average molecular weight is 276 g/mol. The first-order valence-corrected chi connectivity index (χ1v) is 7.01. The lowest BCUT2D eigenvalue weighted by Crippen LogP contribution is -2.42. The molecule has 0 radical (unpaired) electrons. The first kappa shape index (κ1) is 16.2. The molecule has 2 amide bonds. The maximum atomic E-state index is 12.5. The molecule has 0 aliphatic heterocycles. The average Bonchev–Trinajstić information content (AvgIpc) is 2.34. The molecule has 20 heavy (non-hydrogen) atoms. The lowest BCUT2D eigenvalue weighted by molar-refractivity contribution is -0.122. The van der Waals surface area contributed by atoms with Crippen LogP contribution in [0.4, 0.5) is 0 Å². The summed E-state index contributed by atoms with van der Waals surface area (Å²) in [6.07, 6.45) is 0. The van der Waals surface area contributed by atoms with E-state index in [9.17, 15) is 9.59 Å². The van der Waals surface area contributed by atoms with Crippen LogP contribution in [-0.4, -0.2) is 35.8 Å². The fraction of sp³-hybridized carbons (Fsp3) is 0.500. The number of carbonyl (C=O) groups is 2. The van der Waals surface area contributed by atoms with Gasteiger partial charge in [0.2, 0.25) is 5.91 Å². The number of hydrogen-bond acceptors (Lipinski definition) is 2. The van der Waals surface area contributed by atoms with Gasteiger partial charge < -0.3 is 10.2 Å². The van der Waals surface area contributed by atoms with Crippen molar-refractivity contribution in [2.45, 2.75) is 40.7 Å². The quantitative estimate of drug-likeness (QED) is 0.897. The van der Waals surface area contributed by atoms with E-state index in [1.807, 2.05) is 52.8 Å². The molecule has 1 rings (SSSR count). The van der Waals surface area contributed by atoms with Crippen molar-refractivity contribution in [1.82, 2.24) is 10.2 Å². The summed E-state index contributed by atoms with van der Waals surface area (Å²) >= 11 is 0. The molecule has 0 aliphatic rings. The molecule has 4 heteroatoms. The summed E-state index contributed by atoms with van der Waals surface area (Å²) in [6.45, 7) is 10.2. The molecule has 0 saturated carbocycles. The van der Waals surface area contributed by atoms with Crippen LogP contribution >= 0.6 is 0 Å². The Bertz CT molecular complexity index is 495. The number of nitrogens with zero attached hydrogens (tertiary/aromatic N) is 1. The SMILES string of the molecule is CCN(CC(=O)NC(C)C)C(=O)c1ccc(C)cc1C. The molecule has 4 nitrogen and oxygen atoms in total. The van der Waals surface area contributed by atoms with Crippen molar-refractivity contribution < 1.29 is 9.59 Å². The van der Waals surface area contributed by atoms with E-state index in [0.717, 1.165) is 11.1 Å². The maximum Gasteiger partial charge on any atom is 0.254 e. The lowest BCUT2D eigenvalue weighted by Gasteiger charge is -2.22. The van der Waals surface area contributed by atoms with E-state index in [1.165, 1.54) is 0 Å². The number of likely N-dealkylation sites (N-methyl/N-ethyl adjacent to an activating group) is 1. The van der Waals surface area contributed by atoms with Crippen LogP contribution in [0.3, 0.4) is 0 Å². The van der Waals surface area contributed by atoms with Gasteiger partial charge in [-0.2, -0.15) is 0 Å². The topological polar surface area (TPSA) is 49.4 Å². The first-order valence-electron chi connectivity index (χ1n) is 7.01. The number of carbonyl (C=O) groups excluding carboxylic acids is 2. The van der Waals surface area contributed by atoms with E-state index >= 15 is 0 Å². The molecule has 0 saturated heterocycles. The summed E-state index contributed by atoms with van der Waals surface area (Å²) in [4.78, 5) is 25.8. The van der Waals surface area contributed by atoms with Crippen molar-refractivity contribution in [2.24, 2.45) is 0 Å². The van der Waals surface area contributed by atoms with Gasteiger partial charge in [0.25, 0.3) is 5.91 Å². The summed E-state index contributed by atoms with van der Waals surface area (Å²) < 4.78 is 0. The van der Waals surface area contributed by atoms with Crippen molar-refractivity contribution >= 4 is 11.8 Å². The Balaban J connectivity index is 2.84. The van der Waals surface area contributed by atoms with Crippen molar-refractivity contribution in [3.63, 3.8) is 0 Å². The van der Waals surface area contributed by atoms with E-state index in [4.69, 9.17) is 0 Å². The number of rotatable bonds is 5. The van der Waals surface area contributed by atoms with Crippen LogP contribution in [-0.2, 0) is 4.79 Å². The van der Waals surface area contributed by atoms with Crippen molar-refractivity contribution in [3.8, 4) is 0 Å². The van der Waals surface area contributed by atoms with Crippen LogP contribution in [0, 0.1) is 13.8 Å². The Morgan fingerprint density at radius 2 is 1.90 bits per heavy atom. The maximum absolute atomic E-state index is 12.5. The van der Waals surface area contributed by atoms with Gasteiger partial charge in [-0.3, -0.25) is 9.59 Å². The van der Waals surface area contributed by atoms with E-state index in [-0.39, 0.29) is 24.4 Å². The van der Waals surface area contributed by atoms with Crippen LogP contribution in [0.5, 0.6) is 0 Å². The molecule has 1 N–H and O–H groups in total. The number of benzene rings is 1. The zero-order valence-electron chi connectivity index (χ0n) is 13.0. The van der Waals surface area contributed by atoms with E-state index in [1.54, 1.807) is 4.90 Å². The number of hydrogen-bond donors (Lipinski definition) is 1. The van der Waals surface area contributed by atoms with Crippen LogP contribution in [0.1, 0.15) is 42.3 Å². The summed E-state index contributed by atoms with van der Waals surface area (Å²) in [6, 6.07) is 5.81. The molecule has 0 fully saturated rings. The molecule has 1 aromatic rings. The summed E-state index contributed by atoms with van der Waals surface area (Å²) in [5, 5.41) is 2.80. The van der Waals surface area contributed by atoms with Crippen LogP contribution < -0.4 is 5.32 Å². The van der Waals surface area contributed by atoms with Crippen molar-refractivity contribution in [3.05, 3.63) is 34.9 Å². The van der Waals surface area contributed by atoms with Gasteiger partial charge in [-0.1, -0.05) is 17.7 Å². The molecule has 0 aromatic heterocycles. The summed E-state index contributed by atoms with van der Waals surface area (Å²) in [7, 11) is 0. The van der Waals surface area contributed by atoms with Gasteiger partial charge in [-0.25, -0.2) is 0 Å². The lowest BCUT2D eigenvalue weighted by atomic mass is 10.0. The summed E-state index contributed by atoms with van der Waals surface area (Å²) in [5.74, 6) is -0.219. The highest BCUT2D eigenvalue weighted by atomic mass is 16.2. The minimum absolute atomic E-state index is 0.0809. The molecular formula is C16H24N2O2. The highest BCUT2D eigenvalue weighted by Crippen LogP contribution is 2.13. The number of nitrogens with one attached hydrogen (secondary N) is 1. The monoisotopic (exact) mass is 276 g/mol. The predicted molar refractivity (Wildman–Crippen MR) is 80.8 cm³/mol. The number of amides is 2. The fourth-order valence-electron chi connectivity index (χ4n) is 2.09. The Morgan fingerprint density at radius 1 is 1.25 bits per heavy atom. The van der Waals surface area contributed by atoms with Gasteiger partial charge in [0, 0.05) is 18.2 Å². The normalized spacial score (nSPS) is 10.5. The Kier molecular flexibility index (Phi) is 5.74. The van der Waals surface area contributed by atoms with Gasteiger partial charge in [0.1, 0.15) is 0 Å². The van der Waals surface area contributed by atoms with Crippen LogP contribution in [0.25, 0.3) is 0 Å². The molecule has 0 aliphatic carbocycles. The third-order valence-electron chi connectivity index (χ3n) is 3.07. The minimum Gasteiger partial charge on any atom is -0.352 e. The predicted octanol–water partition coefficient (Wildman–Crippen LogP) is 2.29. The van der Waals surface area contributed by atoms with Gasteiger partial charge in [-0.05, 0) is 46.2 Å². The zero-order chi connectivity index (χ0) is 15.3. The van der Waals surface area contributed by atoms with Gasteiger partial charge in [0.15, 0.2) is 0 Å². The van der Waals surface area contributed by atoms with Crippen LogP contribution in [0.2, 0.25) is 0 Å². The van der Waals surface area contributed by atoms with E-state index < -0.39 is 0 Å². The van der Waals surface area contributed by atoms with Gasteiger partial charge in [0.05, 0.1) is 6.54 Å². The molecule has 1 aromatic carbocycles. The molecule has 0 atom stereocenters. The van der Waals surface area contributed by atoms with Crippen LogP contribution in [0.15, 0.2) is 18.2 Å². The second kappa shape index (κ2) is 7.08. The Labute approximate surface area is 121 Å². The fourth-order valence-corrected chi connectivity index (χ4v) is 2.09. The number of aryl methyl sites for hydroxylation is 2. The molecule has 0 spiro atoms. The second-order valence-corrected chi connectivity index (χ2v) is 5.36. The molecule has 0 heterocycles. The highest BCUT2D eigenvalue weighted by molar-refractivity contribution is 5.97. The summed E-state index contributed by atoms with van der Waals surface area (Å²) in [5.41, 5.74) is 2.73. The third-order valence-corrected chi connectivity index (χ3v) is 3.07. The smallest absolute Gasteiger partial charge is 0.254 e. The molecule has 0 unspecified atom stereocenters. The van der Waals surface area contributed by atoms with Gasteiger partial charge in [-0.15, -0.1) is 0 Å². The van der Waals surface area contributed by atoms with Crippen molar-refractivity contribution in [2.75, 3.05) is 13.1 Å². The Morgan fingerprint density at radius 3 is 2.40 bits per heavy atom. The van der Waals surface area contributed by atoms with E-state index in [2.05, 4.69) is 5.32 Å². The van der Waals surface area contributed by atoms with E-state index in [0.29, 0.717) is 12.1 Å². The minimum atomic E-state index is -0.125. The molecular weight excluding hydrogens is 252 g/mol. The first-order chi connectivity index (χ1) is 9.35.